The summed E-state index contributed by atoms with van der Waals surface area (Å²) >= 11 is 0. The third-order valence-corrected chi connectivity index (χ3v) is 4.55. The van der Waals surface area contributed by atoms with Crippen LogP contribution < -0.4 is 0 Å². The van der Waals surface area contributed by atoms with E-state index in [9.17, 15) is 13.2 Å². The molecule has 1 aromatic carbocycles. The Morgan fingerprint density at radius 2 is 1.14 bits per heavy atom. The number of rotatable bonds is 1. The van der Waals surface area contributed by atoms with Crippen LogP contribution >= 0.6 is 0 Å². The zero-order valence-corrected chi connectivity index (χ0v) is 13.5. The van der Waals surface area contributed by atoms with Gasteiger partial charge >= 0.3 is 6.18 Å². The summed E-state index contributed by atoms with van der Waals surface area (Å²) in [5.41, 5.74) is 4.28. The molecule has 0 saturated heterocycles. The third-order valence-electron chi connectivity index (χ3n) is 4.55. The topological polar surface area (TPSA) is 0 Å². The van der Waals surface area contributed by atoms with E-state index in [2.05, 4.69) is 13.8 Å². The maximum atomic E-state index is 13.4. The van der Waals surface area contributed by atoms with Crippen molar-refractivity contribution in [2.24, 2.45) is 0 Å². The van der Waals surface area contributed by atoms with E-state index in [1.165, 1.54) is 5.56 Å². The Morgan fingerprint density at radius 3 is 1.48 bits per heavy atom. The lowest BCUT2D eigenvalue weighted by Gasteiger charge is -2.23. The number of halogens is 3. The van der Waals surface area contributed by atoms with Gasteiger partial charge in [-0.2, -0.15) is 13.2 Å². The minimum Gasteiger partial charge on any atom is -0.166 e. The Hall–Kier alpha value is -0.990. The lowest BCUT2D eigenvalue weighted by atomic mass is 9.84. The number of alkyl halides is 3. The van der Waals surface area contributed by atoms with Crippen LogP contribution in [-0.4, -0.2) is 0 Å². The summed E-state index contributed by atoms with van der Waals surface area (Å²) in [5.74, 6) is 0.334. The molecule has 0 N–H and O–H groups in total. The smallest absolute Gasteiger partial charge is 0.166 e. The van der Waals surface area contributed by atoms with Crippen LogP contribution in [0, 0.1) is 0 Å². The van der Waals surface area contributed by atoms with Gasteiger partial charge in [-0.1, -0.05) is 27.7 Å². The summed E-state index contributed by atoms with van der Waals surface area (Å²) in [4.78, 5) is 0. The lowest BCUT2D eigenvalue weighted by Crippen LogP contribution is -2.16. The molecule has 0 atom stereocenters. The average Bonchev–Trinajstić information content (AvgIpc) is 3.03. The van der Waals surface area contributed by atoms with E-state index in [1.807, 2.05) is 13.8 Å². The van der Waals surface area contributed by atoms with Crippen LogP contribution in [-0.2, 0) is 31.9 Å². The molecule has 3 rings (SSSR count). The molecule has 3 heteroatoms. The fraction of sp³-hybridized carbons (Fsp3) is 0.667. The van der Waals surface area contributed by atoms with E-state index in [0.717, 1.165) is 36.8 Å². The second kappa shape index (κ2) is 6.02. The molecule has 0 fully saturated rings. The van der Waals surface area contributed by atoms with Crippen molar-refractivity contribution < 1.29 is 13.2 Å². The molecule has 21 heavy (non-hydrogen) atoms. The largest absolute Gasteiger partial charge is 0.416 e. The van der Waals surface area contributed by atoms with E-state index < -0.39 is 6.18 Å². The Kier molecular flexibility index (Phi) is 4.69. The van der Waals surface area contributed by atoms with E-state index in [4.69, 9.17) is 0 Å². The maximum Gasteiger partial charge on any atom is 0.416 e. The minimum atomic E-state index is -4.18. The van der Waals surface area contributed by atoms with Gasteiger partial charge in [0.2, 0.25) is 0 Å². The van der Waals surface area contributed by atoms with Crippen molar-refractivity contribution in [3.8, 4) is 0 Å². The second-order valence-electron chi connectivity index (χ2n) is 6.06. The Labute approximate surface area is 125 Å². The van der Waals surface area contributed by atoms with Gasteiger partial charge in [0.25, 0.3) is 0 Å². The number of hydrogen-bond donors (Lipinski definition) is 0. The van der Waals surface area contributed by atoms with Crippen LogP contribution in [0.3, 0.4) is 0 Å². The van der Waals surface area contributed by atoms with Gasteiger partial charge in [-0.3, -0.25) is 0 Å². The molecule has 1 aromatic rings. The monoisotopic (exact) mass is 298 g/mol. The SMILES string of the molecule is CC.CC(C)c1c2c(c(C(F)(F)F)c3c1CCC3)CCC2. The predicted octanol–water partition coefficient (Wildman–Crippen LogP) is 5.83. The maximum absolute atomic E-state index is 13.4. The summed E-state index contributed by atoms with van der Waals surface area (Å²) in [7, 11) is 0. The number of benzene rings is 1. The van der Waals surface area contributed by atoms with Gasteiger partial charge in [-0.15, -0.1) is 0 Å². The highest BCUT2D eigenvalue weighted by molar-refractivity contribution is 5.57. The summed E-state index contributed by atoms with van der Waals surface area (Å²) in [6, 6.07) is 0. The molecule has 2 aliphatic rings. The molecule has 0 radical (unpaired) electrons. The highest BCUT2D eigenvalue weighted by Crippen LogP contribution is 2.47. The molecule has 0 bridgehead atoms. The first-order valence-corrected chi connectivity index (χ1v) is 8.17. The van der Waals surface area contributed by atoms with Crippen LogP contribution in [0.4, 0.5) is 13.2 Å². The Morgan fingerprint density at radius 1 is 0.762 bits per heavy atom. The molecule has 118 valence electrons. The van der Waals surface area contributed by atoms with Gasteiger partial charge < -0.3 is 0 Å². The fourth-order valence-corrected chi connectivity index (χ4v) is 4.04. The van der Waals surface area contributed by atoms with Gasteiger partial charge in [0.05, 0.1) is 5.56 Å². The minimum absolute atomic E-state index is 0.267. The van der Waals surface area contributed by atoms with E-state index >= 15 is 0 Å². The normalized spacial score (nSPS) is 16.6. The standard InChI is InChI=1S/C16H19F3.C2H6/c1-9(2)14-10-5-3-7-12(10)15(16(17,18)19)13-8-4-6-11(13)14;1-2/h9H,3-8H2,1-2H3;1-2H3. The lowest BCUT2D eigenvalue weighted by molar-refractivity contribution is -0.138. The molecule has 0 aliphatic heterocycles. The molecule has 0 saturated carbocycles. The van der Waals surface area contributed by atoms with Gasteiger partial charge in [-0.25, -0.2) is 0 Å². The van der Waals surface area contributed by atoms with E-state index in [1.54, 1.807) is 0 Å². The molecule has 2 aliphatic carbocycles. The molecule has 0 unspecified atom stereocenters. The Bertz CT molecular complexity index is 489. The third kappa shape index (κ3) is 2.72. The van der Waals surface area contributed by atoms with Gasteiger partial charge in [0.15, 0.2) is 0 Å². The molecular formula is C18H25F3. The zero-order chi connectivity index (χ0) is 15.8. The van der Waals surface area contributed by atoms with Gasteiger partial charge in [0, 0.05) is 0 Å². The highest BCUT2D eigenvalue weighted by atomic mass is 19.4. The van der Waals surface area contributed by atoms with E-state index in [-0.39, 0.29) is 5.56 Å². The fourth-order valence-electron chi connectivity index (χ4n) is 4.04. The van der Waals surface area contributed by atoms with Gasteiger partial charge in [-0.05, 0) is 72.3 Å². The molecule has 0 heterocycles. The first-order chi connectivity index (χ1) is 9.91. The molecule has 0 amide bonds. The van der Waals surface area contributed by atoms with Gasteiger partial charge in [0.1, 0.15) is 0 Å². The zero-order valence-electron chi connectivity index (χ0n) is 13.5. The summed E-state index contributed by atoms with van der Waals surface area (Å²) in [6.07, 6.45) is 0.452. The van der Waals surface area contributed by atoms with Crippen LogP contribution in [0.1, 0.15) is 79.8 Å². The van der Waals surface area contributed by atoms with Crippen LogP contribution in [0.2, 0.25) is 0 Å². The van der Waals surface area contributed by atoms with Crippen LogP contribution in [0.25, 0.3) is 0 Å². The second-order valence-corrected chi connectivity index (χ2v) is 6.06. The Balaban J connectivity index is 0.000000774. The molecule has 0 aromatic heterocycles. The molecule has 0 spiro atoms. The van der Waals surface area contributed by atoms with E-state index in [0.29, 0.717) is 29.9 Å². The van der Waals surface area contributed by atoms with Crippen molar-refractivity contribution >= 4 is 0 Å². The summed E-state index contributed by atoms with van der Waals surface area (Å²) in [5, 5.41) is 0. The van der Waals surface area contributed by atoms with Crippen molar-refractivity contribution in [1.82, 2.24) is 0 Å². The van der Waals surface area contributed by atoms with Crippen LogP contribution in [0.5, 0.6) is 0 Å². The first-order valence-electron chi connectivity index (χ1n) is 8.17. The van der Waals surface area contributed by atoms with Crippen LogP contribution in [0.15, 0.2) is 0 Å². The van der Waals surface area contributed by atoms with Crippen molar-refractivity contribution in [1.29, 1.82) is 0 Å². The van der Waals surface area contributed by atoms with Crippen molar-refractivity contribution in [3.63, 3.8) is 0 Å². The average molecular weight is 298 g/mol. The van der Waals surface area contributed by atoms with Crippen molar-refractivity contribution in [3.05, 3.63) is 33.4 Å². The molecule has 0 nitrogen and oxygen atoms in total. The summed E-state index contributed by atoms with van der Waals surface area (Å²) < 4.78 is 40.3. The number of hydrogen-bond acceptors (Lipinski definition) is 0. The predicted molar refractivity (Wildman–Crippen MR) is 80.9 cm³/mol. The number of fused-ring (bicyclic) bond motifs is 2. The quantitative estimate of drug-likeness (QED) is 0.611. The summed E-state index contributed by atoms with van der Waals surface area (Å²) in [6.45, 7) is 8.22. The first kappa shape index (κ1) is 16.4. The molecular weight excluding hydrogens is 273 g/mol. The van der Waals surface area contributed by atoms with Crippen molar-refractivity contribution in [2.75, 3.05) is 0 Å². The van der Waals surface area contributed by atoms with Crippen molar-refractivity contribution in [2.45, 2.75) is 78.3 Å². The highest BCUT2D eigenvalue weighted by Gasteiger charge is 2.41.